The van der Waals surface area contributed by atoms with Crippen LogP contribution in [0.25, 0.3) is 0 Å². The van der Waals surface area contributed by atoms with Gasteiger partial charge in [-0.1, -0.05) is 6.92 Å². The SMILES string of the molecule is C[C@@H]1[C@@H](CO)OC(n2ccc(N)nc2=O)[C@]1(C)C#N. The van der Waals surface area contributed by atoms with Crippen LogP contribution < -0.4 is 11.4 Å². The normalized spacial score (nSPS) is 34.1. The van der Waals surface area contributed by atoms with Crippen molar-refractivity contribution in [1.82, 2.24) is 9.55 Å². The molecule has 1 unspecified atom stereocenters. The van der Waals surface area contributed by atoms with Crippen molar-refractivity contribution in [2.24, 2.45) is 11.3 Å². The number of nitrogens with two attached hydrogens (primary N) is 1. The Morgan fingerprint density at radius 1 is 1.74 bits per heavy atom. The maximum atomic E-state index is 11.9. The van der Waals surface area contributed by atoms with Gasteiger partial charge >= 0.3 is 5.69 Å². The van der Waals surface area contributed by atoms with E-state index in [1.807, 2.05) is 6.92 Å². The lowest BCUT2D eigenvalue weighted by atomic mass is 9.77. The van der Waals surface area contributed by atoms with Gasteiger partial charge in [-0.15, -0.1) is 0 Å². The van der Waals surface area contributed by atoms with E-state index in [4.69, 9.17) is 10.5 Å². The molecule has 2 rings (SSSR count). The fraction of sp³-hybridized carbons (Fsp3) is 0.583. The predicted molar refractivity (Wildman–Crippen MR) is 66.8 cm³/mol. The van der Waals surface area contributed by atoms with Crippen LogP contribution in [0.4, 0.5) is 5.82 Å². The second kappa shape index (κ2) is 4.64. The highest BCUT2D eigenvalue weighted by molar-refractivity contribution is 5.24. The quantitative estimate of drug-likeness (QED) is 0.769. The molecule has 1 aromatic rings. The molecule has 0 saturated carbocycles. The molecule has 0 spiro atoms. The van der Waals surface area contributed by atoms with Crippen molar-refractivity contribution in [2.75, 3.05) is 12.3 Å². The Hall–Kier alpha value is -1.91. The highest BCUT2D eigenvalue weighted by atomic mass is 16.5. The Kier molecular flexibility index (Phi) is 3.30. The van der Waals surface area contributed by atoms with Crippen LogP contribution in [0.1, 0.15) is 20.1 Å². The molecule has 0 aliphatic carbocycles. The van der Waals surface area contributed by atoms with Gasteiger partial charge in [0.1, 0.15) is 11.2 Å². The molecule has 1 saturated heterocycles. The van der Waals surface area contributed by atoms with Crippen LogP contribution in [-0.4, -0.2) is 27.4 Å². The molecule has 1 aliphatic rings. The summed E-state index contributed by atoms with van der Waals surface area (Å²) in [5.74, 6) is -0.0957. The Balaban J connectivity index is 2.49. The van der Waals surface area contributed by atoms with E-state index < -0.39 is 23.4 Å². The van der Waals surface area contributed by atoms with E-state index in [0.717, 1.165) is 0 Å². The second-order valence-electron chi connectivity index (χ2n) is 4.93. The zero-order valence-corrected chi connectivity index (χ0v) is 10.8. The summed E-state index contributed by atoms with van der Waals surface area (Å²) < 4.78 is 6.89. The third-order valence-corrected chi connectivity index (χ3v) is 3.85. The molecule has 0 aromatic carbocycles. The monoisotopic (exact) mass is 264 g/mol. The molecule has 2 heterocycles. The van der Waals surface area contributed by atoms with Gasteiger partial charge < -0.3 is 15.6 Å². The first kappa shape index (κ1) is 13.5. The fourth-order valence-corrected chi connectivity index (χ4v) is 2.35. The van der Waals surface area contributed by atoms with Crippen LogP contribution >= 0.6 is 0 Å². The summed E-state index contributed by atoms with van der Waals surface area (Å²) in [7, 11) is 0. The zero-order valence-electron chi connectivity index (χ0n) is 10.8. The summed E-state index contributed by atoms with van der Waals surface area (Å²) in [6.45, 7) is 3.33. The molecule has 0 radical (unpaired) electrons. The third kappa shape index (κ3) is 1.99. The zero-order chi connectivity index (χ0) is 14.2. The number of rotatable bonds is 2. The van der Waals surface area contributed by atoms with Crippen molar-refractivity contribution in [3.05, 3.63) is 22.7 Å². The van der Waals surface area contributed by atoms with Crippen LogP contribution in [0.15, 0.2) is 17.1 Å². The molecule has 19 heavy (non-hydrogen) atoms. The number of aliphatic hydroxyl groups is 1. The van der Waals surface area contributed by atoms with Gasteiger partial charge in [-0.3, -0.25) is 4.57 Å². The van der Waals surface area contributed by atoms with E-state index in [0.29, 0.717) is 0 Å². The number of nitriles is 1. The molecule has 1 aliphatic heterocycles. The molecule has 1 aromatic heterocycles. The number of aromatic nitrogens is 2. The standard InChI is InChI=1S/C12H16N4O3/c1-7-8(5-17)19-10(12(7,2)6-13)16-4-3-9(14)15-11(16)18/h3-4,7-8,10,17H,5H2,1-2H3,(H2,14,15,18)/t7-,8-,10?,12-/m1/s1. The van der Waals surface area contributed by atoms with Gasteiger partial charge in [0.25, 0.3) is 0 Å². The van der Waals surface area contributed by atoms with E-state index >= 15 is 0 Å². The molecule has 7 heteroatoms. The molecule has 7 nitrogen and oxygen atoms in total. The van der Waals surface area contributed by atoms with Crippen molar-refractivity contribution >= 4 is 5.82 Å². The summed E-state index contributed by atoms with van der Waals surface area (Å²) >= 11 is 0. The average Bonchev–Trinajstić information content (AvgIpc) is 2.63. The summed E-state index contributed by atoms with van der Waals surface area (Å²) in [5, 5.41) is 18.7. The van der Waals surface area contributed by atoms with Crippen LogP contribution in [0.2, 0.25) is 0 Å². The summed E-state index contributed by atoms with van der Waals surface area (Å²) in [4.78, 5) is 15.5. The number of hydrogen-bond donors (Lipinski definition) is 2. The maximum Gasteiger partial charge on any atom is 0.351 e. The summed E-state index contributed by atoms with van der Waals surface area (Å²) in [6, 6.07) is 3.66. The Labute approximate surface area is 110 Å². The molecule has 3 N–H and O–H groups in total. The number of ether oxygens (including phenoxy) is 1. The molecule has 1 fully saturated rings. The minimum atomic E-state index is -0.922. The smallest absolute Gasteiger partial charge is 0.351 e. The maximum absolute atomic E-state index is 11.9. The lowest BCUT2D eigenvalue weighted by Gasteiger charge is -2.26. The molecule has 0 amide bonds. The van der Waals surface area contributed by atoms with Crippen LogP contribution in [-0.2, 0) is 4.74 Å². The van der Waals surface area contributed by atoms with E-state index in [9.17, 15) is 15.2 Å². The van der Waals surface area contributed by atoms with Crippen LogP contribution in [0.5, 0.6) is 0 Å². The average molecular weight is 264 g/mol. The number of hydrogen-bond acceptors (Lipinski definition) is 6. The second-order valence-corrected chi connectivity index (χ2v) is 4.93. The van der Waals surface area contributed by atoms with E-state index in [-0.39, 0.29) is 18.3 Å². The molecular formula is C12H16N4O3. The molecule has 4 atom stereocenters. The van der Waals surface area contributed by atoms with Crippen molar-refractivity contribution in [2.45, 2.75) is 26.2 Å². The largest absolute Gasteiger partial charge is 0.394 e. The lowest BCUT2D eigenvalue weighted by molar-refractivity contribution is -0.0446. The lowest BCUT2D eigenvalue weighted by Crippen LogP contribution is -2.36. The first-order chi connectivity index (χ1) is 8.93. The van der Waals surface area contributed by atoms with E-state index in [2.05, 4.69) is 11.1 Å². The highest BCUT2D eigenvalue weighted by Crippen LogP contribution is 2.48. The first-order valence-electron chi connectivity index (χ1n) is 5.96. The molecular weight excluding hydrogens is 248 g/mol. The Morgan fingerprint density at radius 2 is 2.42 bits per heavy atom. The molecule has 102 valence electrons. The van der Waals surface area contributed by atoms with Gasteiger partial charge in [-0.2, -0.15) is 10.2 Å². The van der Waals surface area contributed by atoms with Gasteiger partial charge in [0.15, 0.2) is 6.23 Å². The highest BCUT2D eigenvalue weighted by Gasteiger charge is 2.52. The number of nitrogens with zero attached hydrogens (tertiary/aromatic N) is 3. The topological polar surface area (TPSA) is 114 Å². The van der Waals surface area contributed by atoms with Gasteiger partial charge in [0.2, 0.25) is 0 Å². The first-order valence-corrected chi connectivity index (χ1v) is 5.96. The van der Waals surface area contributed by atoms with Gasteiger partial charge in [-0.05, 0) is 13.0 Å². The van der Waals surface area contributed by atoms with Gasteiger partial charge in [0, 0.05) is 12.1 Å². The van der Waals surface area contributed by atoms with E-state index in [1.165, 1.54) is 16.8 Å². The number of anilines is 1. The van der Waals surface area contributed by atoms with Crippen LogP contribution in [0.3, 0.4) is 0 Å². The van der Waals surface area contributed by atoms with Crippen molar-refractivity contribution < 1.29 is 9.84 Å². The predicted octanol–water partition coefficient (Wildman–Crippen LogP) is -0.119. The van der Waals surface area contributed by atoms with Gasteiger partial charge in [0.05, 0.1) is 18.8 Å². The minimum Gasteiger partial charge on any atom is -0.394 e. The Morgan fingerprint density at radius 3 is 2.95 bits per heavy atom. The van der Waals surface area contributed by atoms with Crippen molar-refractivity contribution in [1.29, 1.82) is 5.26 Å². The minimum absolute atomic E-state index is 0.115. The van der Waals surface area contributed by atoms with Crippen molar-refractivity contribution in [3.63, 3.8) is 0 Å². The number of aliphatic hydroxyl groups excluding tert-OH is 1. The number of nitrogen functional groups attached to an aromatic ring is 1. The summed E-state index contributed by atoms with van der Waals surface area (Å²) in [6.07, 6.45) is 0.182. The van der Waals surface area contributed by atoms with E-state index in [1.54, 1.807) is 6.92 Å². The third-order valence-electron chi connectivity index (χ3n) is 3.85. The summed E-state index contributed by atoms with van der Waals surface area (Å²) in [5.41, 5.74) is 3.94. The fourth-order valence-electron chi connectivity index (χ4n) is 2.35. The Bertz CT molecular complexity index is 579. The molecule has 0 bridgehead atoms. The van der Waals surface area contributed by atoms with Crippen LogP contribution in [0, 0.1) is 22.7 Å². The van der Waals surface area contributed by atoms with Gasteiger partial charge in [-0.25, -0.2) is 4.79 Å². The van der Waals surface area contributed by atoms with Crippen molar-refractivity contribution in [3.8, 4) is 6.07 Å².